The molecule has 0 aromatic heterocycles. The summed E-state index contributed by atoms with van der Waals surface area (Å²) in [5.41, 5.74) is 11.6. The highest BCUT2D eigenvalue weighted by Gasteiger charge is 2.34. The maximum Gasteiger partial charge on any atom is 0.325 e. The Hall–Kier alpha value is -3.37. The Bertz CT molecular complexity index is 808. The first-order valence-electron chi connectivity index (χ1n) is 11.3. The maximum absolute atomic E-state index is 12.9. The molecule has 0 radical (unpaired) electrons. The first-order chi connectivity index (χ1) is 16.2. The fourth-order valence-electron chi connectivity index (χ4n) is 3.30. The average molecular weight is 479 g/mol. The average Bonchev–Trinajstić information content (AvgIpc) is 2.79. The van der Waals surface area contributed by atoms with E-state index in [2.05, 4.69) is 27.4 Å². The summed E-state index contributed by atoms with van der Waals surface area (Å²) in [5.74, 6) is -2.21. The van der Waals surface area contributed by atoms with Crippen LogP contribution < -0.4 is 16.1 Å². The number of Topliss-reactive ketones (excluding diaryl/α,β-unsaturated/α-hetero) is 1. The Kier molecular flexibility index (Phi) is 13.0. The normalized spacial score (nSPS) is 16.1. The summed E-state index contributed by atoms with van der Waals surface area (Å²) >= 11 is 0. The number of nitrogens with one attached hydrogen (secondary N) is 3. The van der Waals surface area contributed by atoms with Crippen LogP contribution >= 0.6 is 0 Å². The molecule has 0 aromatic carbocycles. The number of carbonyl (C=O) groups excluding carboxylic acids is 5. The van der Waals surface area contributed by atoms with Crippen molar-refractivity contribution in [2.24, 2.45) is 5.92 Å². The lowest BCUT2D eigenvalue weighted by Crippen LogP contribution is -2.60. The van der Waals surface area contributed by atoms with Gasteiger partial charge in [0.1, 0.15) is 12.6 Å². The van der Waals surface area contributed by atoms with Crippen LogP contribution in [0, 0.1) is 5.92 Å². The summed E-state index contributed by atoms with van der Waals surface area (Å²) in [6.45, 7) is 7.92. The lowest BCUT2D eigenvalue weighted by Gasteiger charge is -2.35. The lowest BCUT2D eigenvalue weighted by molar-refractivity contribution is -0.147. The molecule has 1 saturated heterocycles. The number of hydrazine groups is 1. The van der Waals surface area contributed by atoms with Crippen molar-refractivity contribution in [2.45, 2.75) is 64.5 Å². The Balaban J connectivity index is 2.76. The van der Waals surface area contributed by atoms with Gasteiger partial charge in [-0.1, -0.05) is 26.5 Å². The van der Waals surface area contributed by atoms with E-state index in [0.717, 1.165) is 0 Å². The smallest absolute Gasteiger partial charge is 0.325 e. The van der Waals surface area contributed by atoms with Crippen LogP contribution in [0.1, 0.15) is 52.4 Å². The number of carbonyl (C=O) groups is 5. The predicted molar refractivity (Wildman–Crippen MR) is 122 cm³/mol. The first kappa shape index (κ1) is 28.7. The number of nitrogens with zero attached hydrogens (tertiary/aromatic N) is 3. The van der Waals surface area contributed by atoms with Gasteiger partial charge in [0.15, 0.2) is 0 Å². The van der Waals surface area contributed by atoms with Gasteiger partial charge in [0, 0.05) is 32.4 Å². The third-order valence-electron chi connectivity index (χ3n) is 4.92. The standard InChI is InChI=1S/C22H34N6O6/c1-4-12-34-21(32)8-7-16(18(29)14-25-23)27-22(33)17-6-5-10-26-28(17)20(31)9-11-24-19(30)13-15(2)3/h4,14-17,26H,1,5-13H2,2-3H3,(H,24,30)(H,27,33). The van der Waals surface area contributed by atoms with Crippen LogP contribution in [0.5, 0.6) is 0 Å². The molecule has 2 unspecified atom stereocenters. The highest BCUT2D eigenvalue weighted by atomic mass is 16.5. The molecule has 12 heteroatoms. The van der Waals surface area contributed by atoms with Gasteiger partial charge in [-0.3, -0.25) is 29.0 Å². The van der Waals surface area contributed by atoms with Crippen molar-refractivity contribution in [1.82, 2.24) is 21.1 Å². The van der Waals surface area contributed by atoms with Gasteiger partial charge in [-0.2, -0.15) is 4.79 Å². The summed E-state index contributed by atoms with van der Waals surface area (Å²) in [5, 5.41) is 6.44. The van der Waals surface area contributed by atoms with Gasteiger partial charge < -0.3 is 20.9 Å². The molecule has 1 fully saturated rings. The number of ketones is 1. The first-order valence-corrected chi connectivity index (χ1v) is 11.3. The number of hydrogen-bond acceptors (Lipinski definition) is 7. The summed E-state index contributed by atoms with van der Waals surface area (Å²) in [7, 11) is 0. The number of hydrogen-bond donors (Lipinski definition) is 3. The SMILES string of the molecule is C=CCOC(=O)CCC(NC(=O)C1CCCNN1C(=O)CCNC(=O)CC(C)C)C(=O)C=[N+]=[N-]. The highest BCUT2D eigenvalue weighted by molar-refractivity contribution is 6.28. The van der Waals surface area contributed by atoms with Crippen LogP contribution in [0.25, 0.3) is 5.53 Å². The molecule has 34 heavy (non-hydrogen) atoms. The van der Waals surface area contributed by atoms with E-state index in [0.29, 0.717) is 32.0 Å². The van der Waals surface area contributed by atoms with E-state index in [9.17, 15) is 24.0 Å². The fraction of sp³-hybridized carbons (Fsp3) is 0.636. The molecule has 0 bridgehead atoms. The van der Waals surface area contributed by atoms with Gasteiger partial charge in [0.25, 0.3) is 5.78 Å². The van der Waals surface area contributed by atoms with E-state index in [1.54, 1.807) is 0 Å². The number of amides is 3. The third kappa shape index (κ3) is 10.5. The Morgan fingerprint density at radius 3 is 2.65 bits per heavy atom. The van der Waals surface area contributed by atoms with Crippen molar-refractivity contribution in [3.63, 3.8) is 0 Å². The van der Waals surface area contributed by atoms with Gasteiger partial charge in [-0.05, 0) is 25.2 Å². The zero-order valence-corrected chi connectivity index (χ0v) is 19.7. The molecule has 1 aliphatic rings. The van der Waals surface area contributed by atoms with Crippen LogP contribution in [0.3, 0.4) is 0 Å². The zero-order valence-electron chi connectivity index (χ0n) is 19.7. The molecule has 1 heterocycles. The van der Waals surface area contributed by atoms with E-state index in [1.807, 2.05) is 13.8 Å². The summed E-state index contributed by atoms with van der Waals surface area (Å²) in [4.78, 5) is 64.1. The molecular formula is C22H34N6O6. The molecule has 188 valence electrons. The van der Waals surface area contributed by atoms with E-state index in [-0.39, 0.29) is 50.1 Å². The fourth-order valence-corrected chi connectivity index (χ4v) is 3.30. The van der Waals surface area contributed by atoms with Crippen LogP contribution in [-0.4, -0.2) is 77.3 Å². The Morgan fingerprint density at radius 1 is 1.26 bits per heavy atom. The maximum atomic E-state index is 12.9. The van der Waals surface area contributed by atoms with Crippen LogP contribution in [-0.2, 0) is 28.7 Å². The van der Waals surface area contributed by atoms with Crippen molar-refractivity contribution in [2.75, 3.05) is 19.7 Å². The van der Waals surface area contributed by atoms with Crippen molar-refractivity contribution in [3.8, 4) is 0 Å². The van der Waals surface area contributed by atoms with Gasteiger partial charge in [-0.15, -0.1) is 0 Å². The quantitative estimate of drug-likeness (QED) is 0.103. The van der Waals surface area contributed by atoms with Crippen LogP contribution in [0.4, 0.5) is 0 Å². The van der Waals surface area contributed by atoms with Crippen molar-refractivity contribution in [3.05, 3.63) is 18.2 Å². The van der Waals surface area contributed by atoms with E-state index >= 15 is 0 Å². The zero-order chi connectivity index (χ0) is 25.5. The highest BCUT2D eigenvalue weighted by Crippen LogP contribution is 2.13. The number of rotatable bonds is 14. The molecular weight excluding hydrogens is 444 g/mol. The van der Waals surface area contributed by atoms with Gasteiger partial charge in [0.05, 0.1) is 6.04 Å². The minimum atomic E-state index is -1.14. The molecule has 2 atom stereocenters. The van der Waals surface area contributed by atoms with E-state index in [4.69, 9.17) is 10.3 Å². The summed E-state index contributed by atoms with van der Waals surface area (Å²) in [6.07, 6.45) is 3.14. The van der Waals surface area contributed by atoms with Crippen LogP contribution in [0.15, 0.2) is 12.7 Å². The van der Waals surface area contributed by atoms with Crippen molar-refractivity contribution >= 4 is 35.7 Å². The second kappa shape index (κ2) is 15.5. The Labute approximate surface area is 199 Å². The molecule has 3 amide bonds. The van der Waals surface area contributed by atoms with E-state index in [1.165, 1.54) is 11.1 Å². The molecule has 0 aliphatic carbocycles. The monoisotopic (exact) mass is 478 g/mol. The van der Waals surface area contributed by atoms with Crippen molar-refractivity contribution < 1.29 is 33.5 Å². The molecule has 0 saturated carbocycles. The van der Waals surface area contributed by atoms with Gasteiger partial charge in [0.2, 0.25) is 17.7 Å². The van der Waals surface area contributed by atoms with Gasteiger partial charge >= 0.3 is 12.2 Å². The minimum absolute atomic E-state index is 0.00467. The molecule has 1 aliphatic heterocycles. The minimum Gasteiger partial charge on any atom is -0.461 e. The second-order valence-corrected chi connectivity index (χ2v) is 8.25. The predicted octanol–water partition coefficient (Wildman–Crippen LogP) is -0.102. The molecule has 12 nitrogen and oxygen atoms in total. The molecule has 0 spiro atoms. The molecule has 0 aromatic rings. The second-order valence-electron chi connectivity index (χ2n) is 8.25. The number of esters is 1. The van der Waals surface area contributed by atoms with E-state index < -0.39 is 29.7 Å². The summed E-state index contributed by atoms with van der Waals surface area (Å²) < 4.78 is 4.87. The van der Waals surface area contributed by atoms with Crippen molar-refractivity contribution in [1.29, 1.82) is 0 Å². The summed E-state index contributed by atoms with van der Waals surface area (Å²) in [6, 6.07) is -2.03. The topological polar surface area (TPSA) is 170 Å². The molecule has 1 rings (SSSR count). The van der Waals surface area contributed by atoms with Gasteiger partial charge in [-0.25, -0.2) is 5.43 Å². The lowest BCUT2D eigenvalue weighted by atomic mass is 10.0. The largest absolute Gasteiger partial charge is 0.461 e. The molecule has 3 N–H and O–H groups in total. The number of ether oxygens (including phenoxy) is 1. The van der Waals surface area contributed by atoms with Crippen LogP contribution in [0.2, 0.25) is 0 Å². The third-order valence-corrected chi connectivity index (χ3v) is 4.92. The Morgan fingerprint density at radius 2 is 2.00 bits per heavy atom.